The van der Waals surface area contributed by atoms with Crippen LogP contribution in [0.2, 0.25) is 0 Å². The van der Waals surface area contributed by atoms with Crippen molar-refractivity contribution in [2.45, 2.75) is 57.7 Å². The molecule has 1 aromatic rings. The molecule has 0 unspecified atom stereocenters. The van der Waals surface area contributed by atoms with Crippen molar-refractivity contribution >= 4 is 0 Å². The van der Waals surface area contributed by atoms with Crippen molar-refractivity contribution in [1.29, 1.82) is 0 Å². The van der Waals surface area contributed by atoms with Crippen LogP contribution in [0.1, 0.15) is 50.0 Å². The lowest BCUT2D eigenvalue weighted by atomic mass is 9.94. The predicted molar refractivity (Wildman–Crippen MR) is 80.5 cm³/mol. The highest BCUT2D eigenvalue weighted by Crippen LogP contribution is 2.21. The summed E-state index contributed by atoms with van der Waals surface area (Å²) in [5, 5.41) is 12.3. The van der Waals surface area contributed by atoms with Crippen molar-refractivity contribution in [3.8, 4) is 0 Å². The van der Waals surface area contributed by atoms with Gasteiger partial charge in [0.25, 0.3) is 0 Å². The van der Waals surface area contributed by atoms with Crippen molar-refractivity contribution in [3.05, 3.63) is 23.7 Å². The highest BCUT2D eigenvalue weighted by atomic mass is 16.4. The molecule has 4 heteroatoms. The Morgan fingerprint density at radius 3 is 2.70 bits per heavy atom. The van der Waals surface area contributed by atoms with Crippen LogP contribution in [0.25, 0.3) is 0 Å². The van der Waals surface area contributed by atoms with Crippen LogP contribution in [-0.2, 0) is 13.2 Å². The van der Waals surface area contributed by atoms with Crippen LogP contribution in [0.5, 0.6) is 0 Å². The summed E-state index contributed by atoms with van der Waals surface area (Å²) in [5.41, 5.74) is 0. The average Bonchev–Trinajstić information content (AvgIpc) is 2.95. The Bertz CT molecular complexity index is 372. The molecule has 0 spiro atoms. The maximum atomic E-state index is 8.93. The zero-order chi connectivity index (χ0) is 14.2. The summed E-state index contributed by atoms with van der Waals surface area (Å²) in [6, 6.07) is 4.56. The first-order valence-corrected chi connectivity index (χ1v) is 7.89. The molecule has 1 heterocycles. The third kappa shape index (κ3) is 4.93. The predicted octanol–water partition coefficient (Wildman–Crippen LogP) is 2.52. The van der Waals surface area contributed by atoms with E-state index in [4.69, 9.17) is 9.52 Å². The van der Waals surface area contributed by atoms with E-state index in [0.29, 0.717) is 5.76 Å². The second-order valence-electron chi connectivity index (χ2n) is 5.83. The number of nitrogens with zero attached hydrogens (tertiary/aromatic N) is 1. The Labute approximate surface area is 122 Å². The van der Waals surface area contributed by atoms with Crippen LogP contribution in [0.3, 0.4) is 0 Å². The Kier molecular flexibility index (Phi) is 6.57. The van der Waals surface area contributed by atoms with E-state index < -0.39 is 0 Å². The maximum absolute atomic E-state index is 8.93. The van der Waals surface area contributed by atoms with Gasteiger partial charge in [0.15, 0.2) is 0 Å². The van der Waals surface area contributed by atoms with Gasteiger partial charge in [0, 0.05) is 6.04 Å². The van der Waals surface area contributed by atoms with Crippen molar-refractivity contribution < 1.29 is 9.52 Å². The number of aliphatic hydroxyl groups is 1. The molecule has 0 aromatic carbocycles. The molecule has 0 saturated heterocycles. The monoisotopic (exact) mass is 280 g/mol. The van der Waals surface area contributed by atoms with Gasteiger partial charge < -0.3 is 19.7 Å². The van der Waals surface area contributed by atoms with E-state index in [1.807, 2.05) is 12.1 Å². The van der Waals surface area contributed by atoms with Crippen LogP contribution in [0.4, 0.5) is 0 Å². The van der Waals surface area contributed by atoms with Gasteiger partial charge in [-0.05, 0) is 51.5 Å². The number of nitrogens with one attached hydrogen (secondary N) is 1. The summed E-state index contributed by atoms with van der Waals surface area (Å²) in [6.45, 7) is 2.89. The van der Waals surface area contributed by atoms with Gasteiger partial charge >= 0.3 is 0 Å². The Hall–Kier alpha value is -0.840. The number of hydrogen-bond acceptors (Lipinski definition) is 4. The smallest absolute Gasteiger partial charge is 0.129 e. The van der Waals surface area contributed by atoms with Crippen LogP contribution in [0.15, 0.2) is 16.5 Å². The Morgan fingerprint density at radius 2 is 2.00 bits per heavy atom. The molecule has 1 aliphatic rings. The van der Waals surface area contributed by atoms with Crippen molar-refractivity contribution in [2.24, 2.45) is 0 Å². The topological polar surface area (TPSA) is 48.6 Å². The van der Waals surface area contributed by atoms with Gasteiger partial charge in [-0.1, -0.05) is 19.3 Å². The zero-order valence-electron chi connectivity index (χ0n) is 12.6. The zero-order valence-corrected chi connectivity index (χ0v) is 12.6. The second kappa shape index (κ2) is 8.45. The van der Waals surface area contributed by atoms with Gasteiger partial charge in [-0.25, -0.2) is 0 Å². The first-order chi connectivity index (χ1) is 9.79. The van der Waals surface area contributed by atoms with Crippen molar-refractivity contribution in [3.63, 3.8) is 0 Å². The molecular weight excluding hydrogens is 252 g/mol. The summed E-state index contributed by atoms with van der Waals surface area (Å²) in [6.07, 6.45) is 8.14. The lowest BCUT2D eigenvalue weighted by molar-refractivity contribution is 0.189. The van der Waals surface area contributed by atoms with Gasteiger partial charge in [0.1, 0.15) is 18.1 Å². The third-order valence-electron chi connectivity index (χ3n) is 4.23. The van der Waals surface area contributed by atoms with Crippen LogP contribution < -0.4 is 5.32 Å². The van der Waals surface area contributed by atoms with Crippen LogP contribution >= 0.6 is 0 Å². The molecule has 2 N–H and O–H groups in total. The summed E-state index contributed by atoms with van der Waals surface area (Å²) in [7, 11) is 2.26. The number of furan rings is 1. The Morgan fingerprint density at radius 1 is 1.25 bits per heavy atom. The quantitative estimate of drug-likeness (QED) is 0.718. The summed E-state index contributed by atoms with van der Waals surface area (Å²) < 4.78 is 5.43. The molecule has 2 rings (SSSR count). The van der Waals surface area contributed by atoms with Gasteiger partial charge in [-0.2, -0.15) is 0 Å². The third-order valence-corrected chi connectivity index (χ3v) is 4.23. The van der Waals surface area contributed by atoms with Gasteiger partial charge in [-0.3, -0.25) is 0 Å². The Balaban J connectivity index is 1.54. The normalized spacial score (nSPS) is 16.9. The minimum Gasteiger partial charge on any atom is -0.462 e. The molecule has 0 bridgehead atoms. The van der Waals surface area contributed by atoms with Crippen molar-refractivity contribution in [1.82, 2.24) is 10.2 Å². The van der Waals surface area contributed by atoms with E-state index in [1.165, 1.54) is 38.5 Å². The van der Waals surface area contributed by atoms with E-state index in [9.17, 15) is 0 Å². The minimum absolute atomic E-state index is 0.0216. The minimum atomic E-state index is -0.0216. The maximum Gasteiger partial charge on any atom is 0.129 e. The fraction of sp³-hybridized carbons (Fsp3) is 0.750. The van der Waals surface area contributed by atoms with E-state index in [-0.39, 0.29) is 6.61 Å². The number of rotatable bonds is 8. The molecule has 1 aliphatic carbocycles. The van der Waals surface area contributed by atoms with Gasteiger partial charge in [0.2, 0.25) is 0 Å². The lowest BCUT2D eigenvalue weighted by Gasteiger charge is -2.31. The van der Waals surface area contributed by atoms with E-state index in [2.05, 4.69) is 17.3 Å². The SMILES string of the molecule is CN(CCCNCc1ccc(CO)o1)C1CCCCC1. The number of hydrogen-bond donors (Lipinski definition) is 2. The molecule has 0 amide bonds. The lowest BCUT2D eigenvalue weighted by Crippen LogP contribution is -2.35. The fourth-order valence-corrected chi connectivity index (χ4v) is 2.97. The van der Waals surface area contributed by atoms with Crippen LogP contribution in [-0.4, -0.2) is 36.2 Å². The fourth-order valence-electron chi connectivity index (χ4n) is 2.97. The van der Waals surface area contributed by atoms with Gasteiger partial charge in [-0.15, -0.1) is 0 Å². The molecule has 114 valence electrons. The highest BCUT2D eigenvalue weighted by molar-refractivity contribution is 5.05. The molecule has 1 aromatic heterocycles. The van der Waals surface area contributed by atoms with Crippen LogP contribution in [0, 0.1) is 0 Å². The molecule has 1 fully saturated rings. The molecule has 4 nitrogen and oxygen atoms in total. The average molecular weight is 280 g/mol. The van der Waals surface area contributed by atoms with E-state index in [0.717, 1.165) is 31.4 Å². The second-order valence-corrected chi connectivity index (χ2v) is 5.83. The molecule has 20 heavy (non-hydrogen) atoms. The highest BCUT2D eigenvalue weighted by Gasteiger charge is 2.17. The first-order valence-electron chi connectivity index (χ1n) is 7.89. The summed E-state index contributed by atoms with van der Waals surface area (Å²) in [4.78, 5) is 2.53. The van der Waals surface area contributed by atoms with E-state index in [1.54, 1.807) is 0 Å². The summed E-state index contributed by atoms with van der Waals surface area (Å²) >= 11 is 0. The van der Waals surface area contributed by atoms with Crippen molar-refractivity contribution in [2.75, 3.05) is 20.1 Å². The standard InChI is InChI=1S/C16H28N2O2/c1-18(14-6-3-2-4-7-14)11-5-10-17-12-15-8-9-16(13-19)20-15/h8-9,14,17,19H,2-7,10-13H2,1H3. The molecule has 0 radical (unpaired) electrons. The first kappa shape index (κ1) is 15.5. The molecule has 0 aliphatic heterocycles. The largest absolute Gasteiger partial charge is 0.462 e. The molecule has 1 saturated carbocycles. The van der Waals surface area contributed by atoms with Gasteiger partial charge in [0.05, 0.1) is 6.54 Å². The van der Waals surface area contributed by atoms with E-state index >= 15 is 0 Å². The molecule has 0 atom stereocenters. The number of aliphatic hydroxyl groups excluding tert-OH is 1. The molecular formula is C16H28N2O2. The summed E-state index contributed by atoms with van der Waals surface area (Å²) in [5.74, 6) is 1.54.